The van der Waals surface area contributed by atoms with Crippen LogP contribution in [0.1, 0.15) is 44.9 Å². The molecule has 3 nitrogen and oxygen atoms in total. The summed E-state index contributed by atoms with van der Waals surface area (Å²) < 4.78 is 0. The second-order valence-corrected chi connectivity index (χ2v) is 6.45. The van der Waals surface area contributed by atoms with E-state index < -0.39 is 0 Å². The first kappa shape index (κ1) is 13.3. The number of aliphatic hydroxyl groups is 1. The van der Waals surface area contributed by atoms with Crippen molar-refractivity contribution < 1.29 is 5.11 Å². The quantitative estimate of drug-likeness (QED) is 0.767. The zero-order valence-electron chi connectivity index (χ0n) is 11.2. The molecule has 0 aliphatic heterocycles. The zero-order valence-corrected chi connectivity index (χ0v) is 11.2. The maximum Gasteiger partial charge on any atom is 0.0546 e. The summed E-state index contributed by atoms with van der Waals surface area (Å²) in [5, 5.41) is 9.31. The third-order valence-electron chi connectivity index (χ3n) is 4.73. The van der Waals surface area contributed by atoms with Crippen molar-refractivity contribution in [2.75, 3.05) is 26.7 Å². The lowest BCUT2D eigenvalue weighted by Crippen LogP contribution is -2.45. The SMILES string of the molecule is CN(CC1CC(O)C1)CC1(CN)CCCCC1. The molecule has 0 atom stereocenters. The van der Waals surface area contributed by atoms with Gasteiger partial charge in [0, 0.05) is 13.1 Å². The van der Waals surface area contributed by atoms with E-state index >= 15 is 0 Å². The van der Waals surface area contributed by atoms with Crippen molar-refractivity contribution in [1.82, 2.24) is 4.90 Å². The number of rotatable bonds is 5. The van der Waals surface area contributed by atoms with Crippen LogP contribution in [0.2, 0.25) is 0 Å². The Morgan fingerprint density at radius 1 is 1.24 bits per heavy atom. The largest absolute Gasteiger partial charge is 0.393 e. The van der Waals surface area contributed by atoms with Gasteiger partial charge in [-0.05, 0) is 50.6 Å². The van der Waals surface area contributed by atoms with Crippen LogP contribution in [0.15, 0.2) is 0 Å². The molecule has 0 bridgehead atoms. The van der Waals surface area contributed by atoms with Crippen molar-refractivity contribution in [3.05, 3.63) is 0 Å². The Hall–Kier alpha value is -0.120. The lowest BCUT2D eigenvalue weighted by molar-refractivity contribution is 0.0190. The van der Waals surface area contributed by atoms with Gasteiger partial charge in [0.2, 0.25) is 0 Å². The maximum atomic E-state index is 9.31. The van der Waals surface area contributed by atoms with Gasteiger partial charge in [-0.15, -0.1) is 0 Å². The van der Waals surface area contributed by atoms with Crippen molar-refractivity contribution in [2.24, 2.45) is 17.1 Å². The Morgan fingerprint density at radius 2 is 1.88 bits per heavy atom. The Kier molecular flexibility index (Phi) is 4.45. The molecule has 2 aliphatic carbocycles. The van der Waals surface area contributed by atoms with Gasteiger partial charge in [-0.1, -0.05) is 19.3 Å². The average molecular weight is 240 g/mol. The van der Waals surface area contributed by atoms with Gasteiger partial charge < -0.3 is 15.7 Å². The van der Waals surface area contributed by atoms with Crippen molar-refractivity contribution >= 4 is 0 Å². The molecule has 0 amide bonds. The molecule has 0 aromatic rings. The lowest BCUT2D eigenvalue weighted by atomic mass is 9.73. The van der Waals surface area contributed by atoms with E-state index in [9.17, 15) is 5.11 Å². The minimum atomic E-state index is -0.0217. The van der Waals surface area contributed by atoms with Gasteiger partial charge in [-0.25, -0.2) is 0 Å². The van der Waals surface area contributed by atoms with E-state index in [1.807, 2.05) is 0 Å². The van der Waals surface area contributed by atoms with Crippen molar-refractivity contribution in [3.8, 4) is 0 Å². The number of nitrogens with zero attached hydrogens (tertiary/aromatic N) is 1. The zero-order chi connectivity index (χ0) is 12.3. The van der Waals surface area contributed by atoms with Crippen LogP contribution >= 0.6 is 0 Å². The molecule has 2 aliphatic rings. The second-order valence-electron chi connectivity index (χ2n) is 6.45. The predicted molar refractivity (Wildman–Crippen MR) is 70.8 cm³/mol. The normalized spacial score (nSPS) is 32.5. The highest BCUT2D eigenvalue weighted by Gasteiger charge is 2.34. The smallest absolute Gasteiger partial charge is 0.0546 e. The van der Waals surface area contributed by atoms with Gasteiger partial charge in [0.15, 0.2) is 0 Å². The average Bonchev–Trinajstić information content (AvgIpc) is 2.28. The van der Waals surface area contributed by atoms with Crippen LogP contribution in [0.4, 0.5) is 0 Å². The van der Waals surface area contributed by atoms with E-state index in [1.54, 1.807) is 0 Å². The molecule has 0 radical (unpaired) electrons. The van der Waals surface area contributed by atoms with Gasteiger partial charge in [0.25, 0.3) is 0 Å². The van der Waals surface area contributed by atoms with Gasteiger partial charge in [-0.3, -0.25) is 0 Å². The monoisotopic (exact) mass is 240 g/mol. The molecular weight excluding hydrogens is 212 g/mol. The van der Waals surface area contributed by atoms with Crippen LogP contribution in [-0.2, 0) is 0 Å². The van der Waals surface area contributed by atoms with Crippen LogP contribution in [0.25, 0.3) is 0 Å². The molecule has 0 aromatic carbocycles. The molecule has 100 valence electrons. The number of nitrogens with two attached hydrogens (primary N) is 1. The van der Waals surface area contributed by atoms with Crippen molar-refractivity contribution in [2.45, 2.75) is 51.0 Å². The van der Waals surface area contributed by atoms with E-state index in [-0.39, 0.29) is 6.10 Å². The second kappa shape index (κ2) is 5.68. The Morgan fingerprint density at radius 3 is 2.41 bits per heavy atom. The molecule has 2 rings (SSSR count). The highest BCUT2D eigenvalue weighted by molar-refractivity contribution is 4.88. The molecule has 17 heavy (non-hydrogen) atoms. The van der Waals surface area contributed by atoms with Gasteiger partial charge >= 0.3 is 0 Å². The summed E-state index contributed by atoms with van der Waals surface area (Å²) >= 11 is 0. The van der Waals surface area contributed by atoms with E-state index in [0.717, 1.165) is 32.5 Å². The Balaban J connectivity index is 1.77. The molecule has 2 fully saturated rings. The predicted octanol–water partition coefficient (Wildman–Crippen LogP) is 1.60. The highest BCUT2D eigenvalue weighted by atomic mass is 16.3. The number of hydrogen-bond donors (Lipinski definition) is 2. The van der Waals surface area contributed by atoms with Gasteiger partial charge in [-0.2, -0.15) is 0 Å². The van der Waals surface area contributed by atoms with Crippen molar-refractivity contribution in [3.63, 3.8) is 0 Å². The molecule has 0 heterocycles. The Bertz CT molecular complexity index is 232. The summed E-state index contributed by atoms with van der Waals surface area (Å²) in [6, 6.07) is 0. The van der Waals surface area contributed by atoms with E-state index in [2.05, 4.69) is 11.9 Å². The molecule has 0 aromatic heterocycles. The van der Waals surface area contributed by atoms with Crippen LogP contribution in [0.5, 0.6) is 0 Å². The van der Waals surface area contributed by atoms with Crippen LogP contribution in [0, 0.1) is 11.3 Å². The molecular formula is C14H28N2O. The third-order valence-corrected chi connectivity index (χ3v) is 4.73. The minimum Gasteiger partial charge on any atom is -0.393 e. The first-order chi connectivity index (χ1) is 8.13. The highest BCUT2D eigenvalue weighted by Crippen LogP contribution is 2.36. The van der Waals surface area contributed by atoms with E-state index in [0.29, 0.717) is 11.3 Å². The Labute approximate surface area is 105 Å². The first-order valence-corrected chi connectivity index (χ1v) is 7.20. The van der Waals surface area contributed by atoms with Crippen LogP contribution in [0.3, 0.4) is 0 Å². The molecule has 3 heteroatoms. The number of aliphatic hydroxyl groups excluding tert-OH is 1. The molecule has 0 saturated heterocycles. The first-order valence-electron chi connectivity index (χ1n) is 7.20. The van der Waals surface area contributed by atoms with E-state index in [1.165, 1.54) is 32.1 Å². The minimum absolute atomic E-state index is 0.0217. The maximum absolute atomic E-state index is 9.31. The summed E-state index contributed by atoms with van der Waals surface area (Å²) in [5.74, 6) is 0.716. The summed E-state index contributed by atoms with van der Waals surface area (Å²) in [5.41, 5.74) is 6.40. The standard InChI is InChI=1S/C14H28N2O/c1-16(9-12-7-13(17)8-12)11-14(10-15)5-3-2-4-6-14/h12-13,17H,2-11,15H2,1H3. The van der Waals surface area contributed by atoms with Gasteiger partial charge in [0.1, 0.15) is 0 Å². The topological polar surface area (TPSA) is 49.5 Å². The molecule has 2 saturated carbocycles. The molecule has 0 spiro atoms. The fourth-order valence-corrected chi connectivity index (χ4v) is 3.66. The third kappa shape index (κ3) is 3.43. The van der Waals surface area contributed by atoms with Crippen LogP contribution in [-0.4, -0.2) is 42.8 Å². The fourth-order valence-electron chi connectivity index (χ4n) is 3.66. The summed E-state index contributed by atoms with van der Waals surface area (Å²) in [6.45, 7) is 3.12. The fraction of sp³-hybridized carbons (Fsp3) is 1.00. The number of hydrogen-bond acceptors (Lipinski definition) is 3. The van der Waals surface area contributed by atoms with Gasteiger partial charge in [0.05, 0.1) is 6.10 Å². The van der Waals surface area contributed by atoms with Crippen molar-refractivity contribution in [1.29, 1.82) is 0 Å². The summed E-state index contributed by atoms with van der Waals surface area (Å²) in [6.07, 6.45) is 8.69. The van der Waals surface area contributed by atoms with E-state index in [4.69, 9.17) is 5.73 Å². The summed E-state index contributed by atoms with van der Waals surface area (Å²) in [4.78, 5) is 2.45. The molecule has 3 N–H and O–H groups in total. The molecule has 0 unspecified atom stereocenters. The lowest BCUT2D eigenvalue weighted by Gasteiger charge is -2.41. The summed E-state index contributed by atoms with van der Waals surface area (Å²) in [7, 11) is 2.22. The van der Waals surface area contributed by atoms with Crippen LogP contribution < -0.4 is 5.73 Å².